The van der Waals surface area contributed by atoms with Gasteiger partial charge in [-0.2, -0.15) is 0 Å². The van der Waals surface area contributed by atoms with E-state index in [0.29, 0.717) is 0 Å². The topological polar surface area (TPSA) is 0 Å². The minimum Gasteiger partial charge on any atom is -0.0776 e. The molecule has 0 heterocycles. The first-order chi connectivity index (χ1) is 0. The Bertz CT molecular complexity index is 8.00. The van der Waals surface area contributed by atoms with Gasteiger partial charge in [0.2, 0.25) is 0 Å². The number of rotatable bonds is 0. The van der Waals surface area contributed by atoms with Crippen LogP contribution in [0.2, 0.25) is 0 Å². The molecule has 0 aromatic heterocycles. The van der Waals surface area contributed by atoms with Gasteiger partial charge < -0.3 is 0 Å². The molecule has 0 unspecified atom stereocenters. The average Bonchev–Trinajstić information content (AvgIpc) is 0. The maximum absolute atomic E-state index is 0. The van der Waals surface area contributed by atoms with Crippen molar-refractivity contribution in [1.29, 1.82) is 0 Å². The molecule has 0 aromatic carbocycles. The van der Waals surface area contributed by atoms with Gasteiger partial charge in [0.15, 0.2) is 0 Å². The van der Waals surface area contributed by atoms with Gasteiger partial charge in [-0.05, 0) is 0 Å². The van der Waals surface area contributed by atoms with Crippen LogP contribution in [0.15, 0.2) is 0 Å². The first-order valence-corrected chi connectivity index (χ1v) is 0. The number of hydrogen-bond donors (Lipinski definition) is 0. The summed E-state index contributed by atoms with van der Waals surface area (Å²) in [5.74, 6) is 0. The summed E-state index contributed by atoms with van der Waals surface area (Å²) in [5.41, 5.74) is 0. The monoisotopic (exact) mass is 99.0 g/mol. The van der Waals surface area contributed by atoms with E-state index >= 15 is 0 Å². The summed E-state index contributed by atoms with van der Waals surface area (Å²) in [4.78, 5) is 0. The molecule has 0 aromatic rings. The molecule has 17 valence electrons. The van der Waals surface area contributed by atoms with Gasteiger partial charge in [-0.15, -0.1) is 0 Å². The van der Waals surface area contributed by atoms with Crippen molar-refractivity contribution in [2.75, 3.05) is 0 Å². The van der Waals surface area contributed by atoms with Crippen LogP contribution < -0.4 is 0 Å². The molecule has 0 spiro atoms. The second-order valence-corrected chi connectivity index (χ2v) is 0. The Balaban J connectivity index is 0. The van der Waals surface area contributed by atoms with Gasteiger partial charge in [-0.25, -0.2) is 0 Å². The van der Waals surface area contributed by atoms with Crippen molar-refractivity contribution in [1.82, 2.24) is 0 Å². The van der Waals surface area contributed by atoms with E-state index in [1.807, 2.05) is 0 Å². The van der Waals surface area contributed by atoms with Crippen LogP contribution in [-0.2, 0) is 21.7 Å². The van der Waals surface area contributed by atoms with E-state index < -0.39 is 0 Å². The predicted molar refractivity (Wildman–Crippen MR) is 18.2 cm³/mol. The molecule has 0 atom stereocenters. The minimum absolute atomic E-state index is 0. The zero-order valence-corrected chi connectivity index (χ0v) is 4.56. The van der Waals surface area contributed by atoms with Gasteiger partial charge in [-0.3, -0.25) is 0 Å². The molecule has 0 aliphatic rings. The van der Waals surface area contributed by atoms with Crippen molar-refractivity contribution in [3.05, 3.63) is 0 Å². The summed E-state index contributed by atoms with van der Waals surface area (Å²) in [5, 5.41) is 0. The second kappa shape index (κ2) is 24.1. The van der Waals surface area contributed by atoms with E-state index in [2.05, 4.69) is 0 Å². The van der Waals surface area contributed by atoms with Crippen LogP contribution in [0, 0.1) is 0 Å². The molecule has 0 aliphatic heterocycles. The molecule has 4 heavy (non-hydrogen) atoms. The first kappa shape index (κ1) is 48.5. The second-order valence-electron chi connectivity index (χ2n) is 0. The van der Waals surface area contributed by atoms with Crippen LogP contribution >= 0.6 is 0 Å². The van der Waals surface area contributed by atoms with Crippen molar-refractivity contribution < 1.29 is 21.7 Å². The first-order valence-electron chi connectivity index (χ1n) is 0. The Kier molecular flexibility index (Phi) is 293. The number of hydrogen-bond acceptors (Lipinski definition) is 0. The average molecular weight is 98.9 g/mol. The van der Waals surface area contributed by atoms with Gasteiger partial charge in [0.05, 0.1) is 0 Å². The zero-order valence-electron chi connectivity index (χ0n) is 2.00. The fraction of sp³-hybridized carbons (Fsp3) is 1.00. The third kappa shape index (κ3) is 9.66. The molecule has 0 nitrogen and oxygen atoms in total. The smallest absolute Gasteiger partial charge is 0 e. The predicted octanol–water partition coefficient (Wildman–Crippen LogP) is -0.128. The Morgan fingerprint density at radius 1 is 1.00 bits per heavy atom. The van der Waals surface area contributed by atoms with E-state index in [1.165, 1.54) is 0 Å². The molecule has 3 heteroatoms. The van der Waals surface area contributed by atoms with Crippen LogP contribution in [0.4, 0.5) is 0 Å². The third-order valence-electron chi connectivity index (χ3n) is 0. The van der Waals surface area contributed by atoms with Crippen LogP contribution in [0.25, 0.3) is 0 Å². The van der Waals surface area contributed by atoms with Crippen LogP contribution in [0.5, 0.6) is 0 Å². The molecule has 0 bridgehead atoms. The Labute approximate surface area is 58.8 Å². The summed E-state index contributed by atoms with van der Waals surface area (Å²) in [6.45, 7) is 0. The fourth-order valence-electron chi connectivity index (χ4n) is 0. The van der Waals surface area contributed by atoms with Gasteiger partial charge in [-0.1, -0.05) is 7.43 Å². The van der Waals surface area contributed by atoms with Crippen molar-refractivity contribution in [3.63, 3.8) is 0 Å². The Hall–Kier alpha value is 1.53. The van der Waals surface area contributed by atoms with E-state index in [9.17, 15) is 0 Å². The molecule has 0 rings (SSSR count). The normalized spacial score (nSPS) is 0. The molecular formula is CH4LiSiTi. The summed E-state index contributed by atoms with van der Waals surface area (Å²) in [6.07, 6.45) is 0. The molecule has 0 saturated heterocycles. The molecular weight excluding hydrogens is 94.9 g/mol. The van der Waals surface area contributed by atoms with Crippen LogP contribution in [0.1, 0.15) is 7.43 Å². The van der Waals surface area contributed by atoms with Gasteiger partial charge in [0.25, 0.3) is 0 Å². The maximum atomic E-state index is 0. The van der Waals surface area contributed by atoms with Crippen molar-refractivity contribution in [2.24, 2.45) is 0 Å². The van der Waals surface area contributed by atoms with Crippen LogP contribution in [0.3, 0.4) is 0 Å². The zero-order chi connectivity index (χ0) is 0. The van der Waals surface area contributed by atoms with Gasteiger partial charge >= 0.3 is 0 Å². The molecule has 0 amide bonds. The molecule has 0 N–H and O–H groups in total. The van der Waals surface area contributed by atoms with E-state index in [0.717, 1.165) is 0 Å². The molecule has 5 radical (unpaired) electrons. The van der Waals surface area contributed by atoms with Crippen molar-refractivity contribution >= 4 is 29.8 Å². The van der Waals surface area contributed by atoms with Crippen molar-refractivity contribution in [3.8, 4) is 0 Å². The molecule has 0 fully saturated rings. The van der Waals surface area contributed by atoms with E-state index in [4.69, 9.17) is 0 Å². The summed E-state index contributed by atoms with van der Waals surface area (Å²) >= 11 is 0. The quantitative estimate of drug-likeness (QED) is 0.371. The Morgan fingerprint density at radius 2 is 1.00 bits per heavy atom. The van der Waals surface area contributed by atoms with Crippen LogP contribution in [-0.4, -0.2) is 29.8 Å². The van der Waals surface area contributed by atoms with Gasteiger partial charge in [0, 0.05) is 51.5 Å². The standard InChI is InChI=1S/CH4.Li.Si.Ti/h1H4;;;. The summed E-state index contributed by atoms with van der Waals surface area (Å²) in [7, 11) is 0. The largest absolute Gasteiger partial charge is 0.0776 e. The SMILES string of the molecule is C.[Li].[Si].[Ti]. The third-order valence-corrected chi connectivity index (χ3v) is 0. The van der Waals surface area contributed by atoms with E-state index in [-0.39, 0.29) is 59.0 Å². The Morgan fingerprint density at radius 3 is 1.00 bits per heavy atom. The molecule has 0 saturated carbocycles. The van der Waals surface area contributed by atoms with Gasteiger partial charge in [0.1, 0.15) is 0 Å². The summed E-state index contributed by atoms with van der Waals surface area (Å²) < 4.78 is 0. The minimum atomic E-state index is 0. The molecule has 0 aliphatic carbocycles. The van der Waals surface area contributed by atoms with Crippen molar-refractivity contribution in [2.45, 2.75) is 7.43 Å². The maximum Gasteiger partial charge on any atom is 0 e. The van der Waals surface area contributed by atoms with E-state index in [1.54, 1.807) is 0 Å². The fourth-order valence-corrected chi connectivity index (χ4v) is 0. The summed E-state index contributed by atoms with van der Waals surface area (Å²) in [6, 6.07) is 0.